The Morgan fingerprint density at radius 1 is 1.26 bits per heavy atom. The lowest BCUT2D eigenvalue weighted by Crippen LogP contribution is -2.44. The van der Waals surface area contributed by atoms with Crippen LogP contribution in [0.25, 0.3) is 0 Å². The number of methoxy groups -OCH3 is 1. The Kier molecular flexibility index (Phi) is 6.57. The van der Waals surface area contributed by atoms with Crippen LogP contribution in [0, 0.1) is 0 Å². The van der Waals surface area contributed by atoms with Crippen LogP contribution in [0.1, 0.15) is 62.5 Å². The predicted octanol–water partition coefficient (Wildman–Crippen LogP) is 2.98. The van der Waals surface area contributed by atoms with E-state index in [9.17, 15) is 9.90 Å². The van der Waals surface area contributed by atoms with Crippen molar-refractivity contribution in [1.82, 2.24) is 5.48 Å². The van der Waals surface area contributed by atoms with Crippen LogP contribution in [-0.4, -0.2) is 24.9 Å². The van der Waals surface area contributed by atoms with E-state index in [2.05, 4.69) is 5.48 Å². The SMILES string of the molecule is CCC(O)(C(=O)NOCOC)c1ccc(C2CCCCC2)cc1. The van der Waals surface area contributed by atoms with Crippen LogP contribution in [0.4, 0.5) is 0 Å². The molecular weight excluding hydrogens is 294 g/mol. The standard InChI is InChI=1S/C18H27NO4/c1-3-18(21,17(20)19-23-13-22-2)16-11-9-15(10-12-16)14-7-5-4-6-8-14/h9-12,14,21H,3-8,13H2,1-2H3,(H,19,20). The molecule has 1 atom stereocenters. The molecule has 1 amide bonds. The van der Waals surface area contributed by atoms with E-state index in [1.54, 1.807) is 6.92 Å². The molecule has 23 heavy (non-hydrogen) atoms. The summed E-state index contributed by atoms with van der Waals surface area (Å²) in [5, 5.41) is 10.7. The van der Waals surface area contributed by atoms with Gasteiger partial charge in [-0.05, 0) is 36.3 Å². The molecule has 5 nitrogen and oxygen atoms in total. The second-order valence-corrected chi connectivity index (χ2v) is 6.15. The van der Waals surface area contributed by atoms with Crippen LogP contribution in [0.5, 0.6) is 0 Å². The molecule has 0 spiro atoms. The third kappa shape index (κ3) is 4.31. The number of hydrogen-bond donors (Lipinski definition) is 2. The molecule has 2 N–H and O–H groups in total. The third-order valence-corrected chi connectivity index (χ3v) is 4.69. The molecule has 1 aromatic rings. The Morgan fingerprint density at radius 3 is 2.48 bits per heavy atom. The molecule has 0 saturated heterocycles. The smallest absolute Gasteiger partial charge is 0.280 e. The lowest BCUT2D eigenvalue weighted by Gasteiger charge is -2.27. The van der Waals surface area contributed by atoms with Crippen molar-refractivity contribution in [3.8, 4) is 0 Å². The van der Waals surface area contributed by atoms with Crippen molar-refractivity contribution in [3.63, 3.8) is 0 Å². The average Bonchev–Trinajstić information content (AvgIpc) is 2.62. The summed E-state index contributed by atoms with van der Waals surface area (Å²) in [6, 6.07) is 7.77. The first-order valence-corrected chi connectivity index (χ1v) is 8.35. The minimum atomic E-state index is -1.60. The molecular formula is C18H27NO4. The van der Waals surface area contributed by atoms with Crippen LogP contribution in [0.15, 0.2) is 24.3 Å². The Morgan fingerprint density at radius 2 is 1.91 bits per heavy atom. The maximum atomic E-state index is 12.2. The topological polar surface area (TPSA) is 67.8 Å². The summed E-state index contributed by atoms with van der Waals surface area (Å²) in [6.07, 6.45) is 6.60. The number of aliphatic hydroxyl groups is 1. The zero-order valence-corrected chi connectivity index (χ0v) is 14.0. The molecule has 5 heteroatoms. The minimum absolute atomic E-state index is 0.0633. The number of amides is 1. The molecule has 1 unspecified atom stereocenters. The van der Waals surface area contributed by atoms with Crippen LogP contribution >= 0.6 is 0 Å². The van der Waals surface area contributed by atoms with Gasteiger partial charge in [0.1, 0.15) is 0 Å². The molecule has 2 rings (SSSR count). The van der Waals surface area contributed by atoms with E-state index in [-0.39, 0.29) is 13.2 Å². The maximum Gasteiger partial charge on any atom is 0.280 e. The summed E-state index contributed by atoms with van der Waals surface area (Å²) >= 11 is 0. The molecule has 0 aromatic heterocycles. The van der Waals surface area contributed by atoms with E-state index in [4.69, 9.17) is 9.57 Å². The number of carbonyl (C=O) groups excluding carboxylic acids is 1. The molecule has 1 fully saturated rings. The first-order chi connectivity index (χ1) is 11.1. The number of hydroxylamine groups is 1. The number of nitrogens with one attached hydrogen (secondary N) is 1. The Labute approximate surface area is 137 Å². The van der Waals surface area contributed by atoms with Crippen molar-refractivity contribution < 1.29 is 19.5 Å². The van der Waals surface area contributed by atoms with E-state index in [1.807, 2.05) is 24.3 Å². The minimum Gasteiger partial charge on any atom is -0.375 e. The van der Waals surface area contributed by atoms with Crippen molar-refractivity contribution in [2.24, 2.45) is 0 Å². The molecule has 1 saturated carbocycles. The molecule has 128 valence electrons. The molecule has 0 aliphatic heterocycles. The van der Waals surface area contributed by atoms with E-state index in [1.165, 1.54) is 44.8 Å². The van der Waals surface area contributed by atoms with Crippen molar-refractivity contribution in [3.05, 3.63) is 35.4 Å². The second kappa shape index (κ2) is 8.43. The zero-order valence-electron chi connectivity index (χ0n) is 14.0. The lowest BCUT2D eigenvalue weighted by molar-refractivity contribution is -0.164. The van der Waals surface area contributed by atoms with Crippen LogP contribution < -0.4 is 5.48 Å². The first-order valence-electron chi connectivity index (χ1n) is 8.35. The highest BCUT2D eigenvalue weighted by atomic mass is 16.8. The summed E-state index contributed by atoms with van der Waals surface area (Å²) in [5.41, 5.74) is 2.52. The number of carbonyl (C=O) groups is 1. The molecule has 1 aliphatic rings. The number of rotatable bonds is 7. The summed E-state index contributed by atoms with van der Waals surface area (Å²) in [7, 11) is 1.46. The number of hydrogen-bond acceptors (Lipinski definition) is 4. The van der Waals surface area contributed by atoms with Crippen molar-refractivity contribution in [2.75, 3.05) is 13.9 Å². The van der Waals surface area contributed by atoms with E-state index in [0.29, 0.717) is 11.5 Å². The fourth-order valence-corrected chi connectivity index (χ4v) is 3.20. The van der Waals surface area contributed by atoms with Gasteiger partial charge in [-0.1, -0.05) is 50.5 Å². The van der Waals surface area contributed by atoms with Crippen LogP contribution in [-0.2, 0) is 20.0 Å². The van der Waals surface area contributed by atoms with Gasteiger partial charge in [-0.15, -0.1) is 0 Å². The molecule has 0 heterocycles. The van der Waals surface area contributed by atoms with Gasteiger partial charge >= 0.3 is 0 Å². The van der Waals surface area contributed by atoms with Crippen molar-refractivity contribution in [2.45, 2.75) is 57.0 Å². The van der Waals surface area contributed by atoms with Gasteiger partial charge in [0.05, 0.1) is 0 Å². The second-order valence-electron chi connectivity index (χ2n) is 6.15. The van der Waals surface area contributed by atoms with Gasteiger partial charge < -0.3 is 9.84 Å². The Hall–Kier alpha value is -1.43. The quantitative estimate of drug-likeness (QED) is 0.460. The Balaban J connectivity index is 2.09. The summed E-state index contributed by atoms with van der Waals surface area (Å²) in [4.78, 5) is 17.1. The van der Waals surface area contributed by atoms with Gasteiger partial charge in [0, 0.05) is 7.11 Å². The highest BCUT2D eigenvalue weighted by molar-refractivity contribution is 5.85. The van der Waals surface area contributed by atoms with Gasteiger partial charge in [-0.3, -0.25) is 4.79 Å². The van der Waals surface area contributed by atoms with E-state index < -0.39 is 11.5 Å². The fraction of sp³-hybridized carbons (Fsp3) is 0.611. The van der Waals surface area contributed by atoms with Gasteiger partial charge in [-0.25, -0.2) is 10.3 Å². The molecule has 0 radical (unpaired) electrons. The Bertz CT molecular complexity index is 496. The van der Waals surface area contributed by atoms with Crippen molar-refractivity contribution in [1.29, 1.82) is 0 Å². The number of benzene rings is 1. The molecule has 0 bridgehead atoms. The molecule has 1 aromatic carbocycles. The summed E-state index contributed by atoms with van der Waals surface area (Å²) < 4.78 is 4.71. The predicted molar refractivity (Wildman–Crippen MR) is 87.6 cm³/mol. The lowest BCUT2D eigenvalue weighted by atomic mass is 9.82. The van der Waals surface area contributed by atoms with E-state index in [0.717, 1.165) is 0 Å². The number of ether oxygens (including phenoxy) is 1. The van der Waals surface area contributed by atoms with Gasteiger partial charge in [-0.2, -0.15) is 0 Å². The highest BCUT2D eigenvalue weighted by Crippen LogP contribution is 2.34. The van der Waals surface area contributed by atoms with Crippen LogP contribution in [0.2, 0.25) is 0 Å². The van der Waals surface area contributed by atoms with Gasteiger partial charge in [0.15, 0.2) is 12.4 Å². The van der Waals surface area contributed by atoms with Gasteiger partial charge in [0.25, 0.3) is 5.91 Å². The van der Waals surface area contributed by atoms with E-state index >= 15 is 0 Å². The average molecular weight is 321 g/mol. The van der Waals surface area contributed by atoms with Gasteiger partial charge in [0.2, 0.25) is 0 Å². The van der Waals surface area contributed by atoms with Crippen molar-refractivity contribution >= 4 is 5.91 Å². The normalized spacial score (nSPS) is 18.4. The highest BCUT2D eigenvalue weighted by Gasteiger charge is 2.36. The maximum absolute atomic E-state index is 12.2. The summed E-state index contributed by atoms with van der Waals surface area (Å²) in [6.45, 7) is 1.71. The first kappa shape index (κ1) is 17.9. The largest absolute Gasteiger partial charge is 0.375 e. The molecule has 1 aliphatic carbocycles. The van der Waals surface area contributed by atoms with Crippen LogP contribution in [0.3, 0.4) is 0 Å². The zero-order chi connectivity index (χ0) is 16.7. The fourth-order valence-electron chi connectivity index (χ4n) is 3.20. The summed E-state index contributed by atoms with van der Waals surface area (Å²) in [5.74, 6) is 0.0221. The third-order valence-electron chi connectivity index (χ3n) is 4.69. The monoisotopic (exact) mass is 321 g/mol.